The van der Waals surface area contributed by atoms with Crippen LogP contribution in [0.1, 0.15) is 89.7 Å². The zero-order chi connectivity index (χ0) is 26.4. The van der Waals surface area contributed by atoms with Gasteiger partial charge in [0.15, 0.2) is 0 Å². The van der Waals surface area contributed by atoms with Gasteiger partial charge in [-0.2, -0.15) is 0 Å². The van der Waals surface area contributed by atoms with Crippen molar-refractivity contribution in [3.8, 4) is 11.5 Å². The van der Waals surface area contributed by atoms with E-state index in [4.69, 9.17) is 14.6 Å². The summed E-state index contributed by atoms with van der Waals surface area (Å²) in [7, 11) is 0. The number of aliphatic carboxylic acids is 1. The third-order valence-corrected chi connectivity index (χ3v) is 6.98. The number of ether oxygens (including phenoxy) is 2. The van der Waals surface area contributed by atoms with Crippen molar-refractivity contribution in [1.82, 2.24) is 5.32 Å². The quantitative estimate of drug-likeness (QED) is 0.177. The Kier molecular flexibility index (Phi) is 9.35. The molecule has 36 heavy (non-hydrogen) atoms. The fourth-order valence-corrected chi connectivity index (χ4v) is 4.94. The van der Waals surface area contributed by atoms with Gasteiger partial charge in [-0.05, 0) is 56.2 Å². The average molecular weight is 498 g/mol. The van der Waals surface area contributed by atoms with E-state index in [-0.39, 0.29) is 30.6 Å². The molecule has 2 unspecified atom stereocenters. The molecule has 3 atom stereocenters. The molecule has 7 heteroatoms. The largest absolute Gasteiger partial charge is 0.481 e. The van der Waals surface area contributed by atoms with Crippen molar-refractivity contribution in [2.24, 2.45) is 11.8 Å². The number of hydrogen-bond donors (Lipinski definition) is 2. The number of unbranched alkanes of at least 4 members (excludes halogenated alkanes) is 2. The van der Waals surface area contributed by atoms with E-state index in [0.717, 1.165) is 55.4 Å². The number of benzene rings is 1. The topological polar surface area (TPSA) is 102 Å². The number of allylic oxidation sites excluding steroid dienone is 3. The van der Waals surface area contributed by atoms with Crippen molar-refractivity contribution in [2.45, 2.75) is 91.0 Å². The summed E-state index contributed by atoms with van der Waals surface area (Å²) in [4.78, 5) is 36.5. The summed E-state index contributed by atoms with van der Waals surface area (Å²) in [5.74, 6) is -0.370. The summed E-state index contributed by atoms with van der Waals surface area (Å²) in [6.07, 6.45) is 7.68. The van der Waals surface area contributed by atoms with Crippen LogP contribution in [0.15, 0.2) is 36.1 Å². The molecule has 1 aromatic carbocycles. The van der Waals surface area contributed by atoms with E-state index in [1.54, 1.807) is 0 Å². The molecule has 2 N–H and O–H groups in total. The van der Waals surface area contributed by atoms with Gasteiger partial charge in [0, 0.05) is 23.8 Å². The molecule has 0 saturated heterocycles. The number of hydrogen-bond acceptors (Lipinski definition) is 5. The van der Waals surface area contributed by atoms with Crippen LogP contribution in [-0.2, 0) is 20.8 Å². The molecule has 0 spiro atoms. The summed E-state index contributed by atoms with van der Waals surface area (Å²) in [5, 5.41) is 11.5. The van der Waals surface area contributed by atoms with Crippen molar-refractivity contribution in [1.29, 1.82) is 0 Å². The van der Waals surface area contributed by atoms with Crippen LogP contribution in [0.25, 0.3) is 0 Å². The van der Waals surface area contributed by atoms with Crippen LogP contribution in [-0.4, -0.2) is 29.0 Å². The normalized spacial score (nSPS) is 19.5. The number of rotatable bonds is 11. The summed E-state index contributed by atoms with van der Waals surface area (Å²) in [6.45, 7) is 12.1. The van der Waals surface area contributed by atoms with Gasteiger partial charge in [0.1, 0.15) is 23.3 Å². The van der Waals surface area contributed by atoms with Crippen LogP contribution >= 0.6 is 0 Å². The molecule has 1 heterocycles. The molecular weight excluding hydrogens is 458 g/mol. The Bertz CT molecular complexity index is 1040. The summed E-state index contributed by atoms with van der Waals surface area (Å²) in [6, 6.07) is 3.07. The zero-order valence-electron chi connectivity index (χ0n) is 21.9. The van der Waals surface area contributed by atoms with Crippen molar-refractivity contribution in [3.05, 3.63) is 47.2 Å². The number of carboxylic acid groups (broad SMARTS) is 1. The summed E-state index contributed by atoms with van der Waals surface area (Å²) >= 11 is 0. The number of carboxylic acids is 1. The first-order chi connectivity index (χ1) is 17.1. The molecule has 0 bridgehead atoms. The molecule has 0 aromatic heterocycles. The van der Waals surface area contributed by atoms with Gasteiger partial charge < -0.3 is 19.9 Å². The molecule has 2 aliphatic rings. The van der Waals surface area contributed by atoms with Crippen molar-refractivity contribution >= 4 is 17.8 Å². The lowest BCUT2D eigenvalue weighted by Gasteiger charge is -2.37. The van der Waals surface area contributed by atoms with Crippen LogP contribution in [0.5, 0.6) is 11.5 Å². The predicted octanol–water partition coefficient (Wildman–Crippen LogP) is 5.68. The number of aryl methyl sites for hydroxylation is 1. The summed E-state index contributed by atoms with van der Waals surface area (Å²) in [5.41, 5.74) is 3.16. The predicted molar refractivity (Wildman–Crippen MR) is 138 cm³/mol. The highest BCUT2D eigenvalue weighted by molar-refractivity contribution is 5.87. The molecule has 0 radical (unpaired) electrons. The van der Waals surface area contributed by atoms with Crippen LogP contribution in [0.3, 0.4) is 0 Å². The molecule has 1 aromatic rings. The molecule has 1 aliphatic heterocycles. The number of carbonyl (C=O) groups is 3. The lowest BCUT2D eigenvalue weighted by Crippen LogP contribution is -2.46. The second-order valence-corrected chi connectivity index (χ2v) is 10.3. The molecule has 3 rings (SSSR count). The lowest BCUT2D eigenvalue weighted by atomic mass is 9.74. The first kappa shape index (κ1) is 27.5. The molecule has 1 amide bonds. The SMILES string of the molecule is C=C1Oc2cc(CCCCC)cc(OC(=O)[C@@H](NC(=O)CCC(=O)O)C(C)C)c2C2C=C(C)CCC12. The van der Waals surface area contributed by atoms with Gasteiger partial charge in [-0.15, -0.1) is 0 Å². The second kappa shape index (κ2) is 12.2. The van der Waals surface area contributed by atoms with Gasteiger partial charge in [0.2, 0.25) is 5.91 Å². The monoisotopic (exact) mass is 497 g/mol. The Labute approximate surface area is 213 Å². The molecule has 1 aliphatic carbocycles. The molecule has 196 valence electrons. The highest BCUT2D eigenvalue weighted by Crippen LogP contribution is 2.51. The van der Waals surface area contributed by atoms with E-state index < -0.39 is 23.9 Å². The van der Waals surface area contributed by atoms with E-state index in [1.807, 2.05) is 26.0 Å². The molecule has 0 saturated carbocycles. The van der Waals surface area contributed by atoms with Crippen LogP contribution < -0.4 is 14.8 Å². The minimum absolute atomic E-state index is 0.00477. The first-order valence-corrected chi connectivity index (χ1v) is 13.0. The van der Waals surface area contributed by atoms with Crippen molar-refractivity contribution < 1.29 is 29.0 Å². The van der Waals surface area contributed by atoms with E-state index in [9.17, 15) is 14.4 Å². The van der Waals surface area contributed by atoms with Crippen LogP contribution in [0, 0.1) is 11.8 Å². The smallest absolute Gasteiger partial charge is 0.334 e. The standard InChI is InChI=1S/C29H39NO6/c1-6-7-8-9-20-15-23-27(22-14-18(4)10-11-21(22)19(5)35-23)24(16-20)36-29(34)28(17(2)3)30-25(31)12-13-26(32)33/h14-17,21-22,28H,5-13H2,1-4H3,(H,30,31)(H,32,33)/t21?,22?,28-/m0/s1. The Morgan fingerprint density at radius 1 is 1.22 bits per heavy atom. The van der Waals surface area contributed by atoms with Gasteiger partial charge in [-0.1, -0.05) is 51.8 Å². The summed E-state index contributed by atoms with van der Waals surface area (Å²) < 4.78 is 12.2. The fourth-order valence-electron chi connectivity index (χ4n) is 4.94. The molecule has 7 nitrogen and oxygen atoms in total. The number of carbonyl (C=O) groups excluding carboxylic acids is 2. The average Bonchev–Trinajstić information content (AvgIpc) is 2.80. The van der Waals surface area contributed by atoms with E-state index >= 15 is 0 Å². The molecular formula is C29H39NO6. The fraction of sp³-hybridized carbons (Fsp3) is 0.552. The van der Waals surface area contributed by atoms with Crippen LogP contribution in [0.4, 0.5) is 0 Å². The van der Waals surface area contributed by atoms with Gasteiger partial charge >= 0.3 is 11.9 Å². The lowest BCUT2D eigenvalue weighted by molar-refractivity contribution is -0.141. The number of esters is 1. The van der Waals surface area contributed by atoms with Gasteiger partial charge in [0.25, 0.3) is 0 Å². The van der Waals surface area contributed by atoms with Crippen LogP contribution in [0.2, 0.25) is 0 Å². The third kappa shape index (κ3) is 6.77. The third-order valence-electron chi connectivity index (χ3n) is 6.98. The number of amides is 1. The number of fused-ring (bicyclic) bond motifs is 3. The second-order valence-electron chi connectivity index (χ2n) is 10.3. The van der Waals surface area contributed by atoms with E-state index in [0.29, 0.717) is 11.5 Å². The Balaban J connectivity index is 1.94. The maximum atomic E-state index is 13.3. The Hall–Kier alpha value is -3.09. The number of nitrogens with one attached hydrogen (secondary N) is 1. The highest BCUT2D eigenvalue weighted by atomic mass is 16.5. The van der Waals surface area contributed by atoms with Gasteiger partial charge in [0.05, 0.1) is 6.42 Å². The van der Waals surface area contributed by atoms with Crippen molar-refractivity contribution in [3.63, 3.8) is 0 Å². The van der Waals surface area contributed by atoms with Crippen molar-refractivity contribution in [2.75, 3.05) is 0 Å². The Morgan fingerprint density at radius 2 is 1.97 bits per heavy atom. The zero-order valence-corrected chi connectivity index (χ0v) is 21.9. The molecule has 0 fully saturated rings. The van der Waals surface area contributed by atoms with E-state index in [1.165, 1.54) is 5.57 Å². The maximum absolute atomic E-state index is 13.3. The Morgan fingerprint density at radius 3 is 2.64 bits per heavy atom. The maximum Gasteiger partial charge on any atom is 0.334 e. The highest BCUT2D eigenvalue weighted by Gasteiger charge is 2.38. The first-order valence-electron chi connectivity index (χ1n) is 13.0. The van der Waals surface area contributed by atoms with Gasteiger partial charge in [-0.3, -0.25) is 9.59 Å². The van der Waals surface area contributed by atoms with E-state index in [2.05, 4.69) is 31.8 Å². The minimum atomic E-state index is -1.06. The minimum Gasteiger partial charge on any atom is -0.481 e. The van der Waals surface area contributed by atoms with Gasteiger partial charge in [-0.25, -0.2) is 4.79 Å².